The van der Waals surface area contributed by atoms with Crippen LogP contribution in [0.3, 0.4) is 0 Å². The molecule has 33 heavy (non-hydrogen) atoms. The molecule has 1 aromatic carbocycles. The van der Waals surface area contributed by atoms with Gasteiger partial charge in [0.25, 0.3) is 0 Å². The maximum Gasteiger partial charge on any atom is 0.471 e. The van der Waals surface area contributed by atoms with Crippen LogP contribution in [0.2, 0.25) is 0 Å². The minimum Gasteiger partial charge on any atom is -0.493 e. The molecule has 0 N–H and O–H groups in total. The Labute approximate surface area is 189 Å². The molecule has 1 saturated heterocycles. The second kappa shape index (κ2) is 9.14. The van der Waals surface area contributed by atoms with Crippen LogP contribution in [0.1, 0.15) is 35.9 Å². The number of alkyl halides is 3. The standard InChI is InChI=1S/C22H25F3N4O4/c1-14-11-17(29-13-26-20(33-29)22(23,24)25)12-15(2)19(14)30-8-4-5-16-6-7-18(28-27-16)21(3)31-9-10-32-21/h6-7,11-12H,4-5,8-10,13H2,1-3H3. The van der Waals surface area contributed by atoms with Gasteiger partial charge in [-0.3, -0.25) is 0 Å². The molecule has 3 heterocycles. The number of halogens is 3. The normalized spacial score (nSPS) is 17.8. The van der Waals surface area contributed by atoms with Crippen LogP contribution in [0, 0.1) is 13.8 Å². The number of hydrogen-bond acceptors (Lipinski definition) is 8. The van der Waals surface area contributed by atoms with Gasteiger partial charge in [0, 0.05) is 0 Å². The quantitative estimate of drug-likeness (QED) is 0.571. The number of aromatic nitrogens is 2. The van der Waals surface area contributed by atoms with Crippen molar-refractivity contribution in [2.24, 2.45) is 4.99 Å². The van der Waals surface area contributed by atoms with Crippen molar-refractivity contribution in [2.45, 2.75) is 45.6 Å². The number of aryl methyl sites for hydroxylation is 3. The Hall–Kier alpha value is -2.92. The number of hydroxylamine groups is 1. The van der Waals surface area contributed by atoms with Gasteiger partial charge in [0.1, 0.15) is 18.1 Å². The summed E-state index contributed by atoms with van der Waals surface area (Å²) in [6.07, 6.45) is -3.21. The Bertz CT molecular complexity index is 998. The molecule has 2 aliphatic rings. The first-order valence-electron chi connectivity index (χ1n) is 10.6. The first kappa shape index (κ1) is 23.2. The fourth-order valence-electron chi connectivity index (χ4n) is 3.69. The first-order chi connectivity index (χ1) is 15.7. The lowest BCUT2D eigenvalue weighted by atomic mass is 10.1. The van der Waals surface area contributed by atoms with Gasteiger partial charge < -0.3 is 19.0 Å². The van der Waals surface area contributed by atoms with E-state index in [4.69, 9.17) is 19.0 Å². The summed E-state index contributed by atoms with van der Waals surface area (Å²) >= 11 is 0. The molecule has 0 saturated carbocycles. The van der Waals surface area contributed by atoms with Crippen LogP contribution < -0.4 is 9.80 Å². The van der Waals surface area contributed by atoms with E-state index in [1.54, 1.807) is 12.1 Å². The molecule has 178 valence electrons. The molecular weight excluding hydrogens is 441 g/mol. The summed E-state index contributed by atoms with van der Waals surface area (Å²) in [6.45, 7) is 6.80. The zero-order valence-electron chi connectivity index (χ0n) is 18.6. The Morgan fingerprint density at radius 1 is 1.09 bits per heavy atom. The van der Waals surface area contributed by atoms with Crippen LogP contribution >= 0.6 is 0 Å². The molecule has 11 heteroatoms. The highest BCUT2D eigenvalue weighted by molar-refractivity contribution is 5.84. The van der Waals surface area contributed by atoms with Gasteiger partial charge in [-0.2, -0.15) is 23.3 Å². The number of anilines is 1. The summed E-state index contributed by atoms with van der Waals surface area (Å²) in [7, 11) is 0. The SMILES string of the molecule is Cc1cc(N2CN=C(C(F)(F)F)O2)cc(C)c1OCCCc1ccc(C2(C)OCCO2)nn1. The van der Waals surface area contributed by atoms with Gasteiger partial charge in [-0.25, -0.2) is 4.99 Å². The second-order valence-corrected chi connectivity index (χ2v) is 7.99. The van der Waals surface area contributed by atoms with Crippen molar-refractivity contribution in [3.05, 3.63) is 46.8 Å². The maximum atomic E-state index is 12.8. The van der Waals surface area contributed by atoms with Crippen molar-refractivity contribution in [2.75, 3.05) is 31.6 Å². The van der Waals surface area contributed by atoms with E-state index in [1.165, 1.54) is 0 Å². The van der Waals surface area contributed by atoms with E-state index in [9.17, 15) is 13.2 Å². The van der Waals surface area contributed by atoms with Crippen LogP contribution in [-0.2, 0) is 26.5 Å². The lowest BCUT2D eigenvalue weighted by molar-refractivity contribution is -0.153. The van der Waals surface area contributed by atoms with Crippen LogP contribution in [-0.4, -0.2) is 48.8 Å². The molecule has 4 rings (SSSR count). The molecule has 0 atom stereocenters. The number of hydrogen-bond donors (Lipinski definition) is 0. The summed E-state index contributed by atoms with van der Waals surface area (Å²) in [5.41, 5.74) is 3.55. The minimum absolute atomic E-state index is 0.217. The van der Waals surface area contributed by atoms with Gasteiger partial charge >= 0.3 is 12.1 Å². The highest BCUT2D eigenvalue weighted by Crippen LogP contribution is 2.32. The topological polar surface area (TPSA) is 78.3 Å². The summed E-state index contributed by atoms with van der Waals surface area (Å²) in [5.74, 6) is -1.39. The molecule has 0 radical (unpaired) electrons. The van der Waals surface area contributed by atoms with Crippen LogP contribution in [0.4, 0.5) is 18.9 Å². The Morgan fingerprint density at radius 2 is 1.79 bits per heavy atom. The van der Waals surface area contributed by atoms with Gasteiger partial charge in [-0.05, 0) is 69.0 Å². The molecular formula is C22H25F3N4O4. The van der Waals surface area contributed by atoms with Gasteiger partial charge in [0.15, 0.2) is 0 Å². The number of aliphatic imine (C=N–C) groups is 1. The van der Waals surface area contributed by atoms with Gasteiger partial charge in [0.05, 0.1) is 31.2 Å². The van der Waals surface area contributed by atoms with Crippen LogP contribution in [0.25, 0.3) is 0 Å². The van der Waals surface area contributed by atoms with E-state index in [0.29, 0.717) is 43.4 Å². The van der Waals surface area contributed by atoms with E-state index in [1.807, 2.05) is 32.9 Å². The molecule has 0 bridgehead atoms. The molecule has 1 aromatic heterocycles. The summed E-state index contributed by atoms with van der Waals surface area (Å²) in [5, 5.41) is 9.59. The fraction of sp³-hybridized carbons (Fsp3) is 0.500. The number of benzene rings is 1. The summed E-state index contributed by atoms with van der Waals surface area (Å²) in [4.78, 5) is 8.25. The second-order valence-electron chi connectivity index (χ2n) is 7.99. The van der Waals surface area contributed by atoms with Gasteiger partial charge in [-0.15, -0.1) is 5.10 Å². The predicted molar refractivity (Wildman–Crippen MR) is 113 cm³/mol. The largest absolute Gasteiger partial charge is 0.493 e. The fourth-order valence-corrected chi connectivity index (χ4v) is 3.69. The first-order valence-corrected chi connectivity index (χ1v) is 10.6. The van der Waals surface area contributed by atoms with E-state index in [-0.39, 0.29) is 6.67 Å². The average Bonchev–Trinajstić information content (AvgIpc) is 3.43. The highest BCUT2D eigenvalue weighted by atomic mass is 19.4. The highest BCUT2D eigenvalue weighted by Gasteiger charge is 2.43. The third kappa shape index (κ3) is 5.19. The van der Waals surface area contributed by atoms with Crippen molar-refractivity contribution >= 4 is 11.6 Å². The Kier molecular flexibility index (Phi) is 6.44. The zero-order chi connectivity index (χ0) is 23.6. The number of ether oxygens (including phenoxy) is 3. The lowest BCUT2D eigenvalue weighted by Crippen LogP contribution is -2.28. The smallest absolute Gasteiger partial charge is 0.471 e. The molecule has 0 spiro atoms. The Morgan fingerprint density at radius 3 is 2.36 bits per heavy atom. The van der Waals surface area contributed by atoms with Crippen molar-refractivity contribution in [1.82, 2.24) is 10.2 Å². The van der Waals surface area contributed by atoms with E-state index < -0.39 is 17.9 Å². The van der Waals surface area contributed by atoms with Crippen LogP contribution in [0.5, 0.6) is 5.75 Å². The third-order valence-corrected chi connectivity index (χ3v) is 5.36. The predicted octanol–water partition coefficient (Wildman–Crippen LogP) is 3.99. The molecule has 2 aliphatic heterocycles. The molecule has 0 aliphatic carbocycles. The van der Waals surface area contributed by atoms with Crippen LogP contribution in [0.15, 0.2) is 29.3 Å². The summed E-state index contributed by atoms with van der Waals surface area (Å²) < 4.78 is 55.4. The third-order valence-electron chi connectivity index (χ3n) is 5.36. The van der Waals surface area contributed by atoms with Crippen molar-refractivity contribution < 1.29 is 32.2 Å². The Balaban J connectivity index is 1.29. The van der Waals surface area contributed by atoms with Crippen molar-refractivity contribution in [3.63, 3.8) is 0 Å². The van der Waals surface area contributed by atoms with E-state index in [0.717, 1.165) is 28.3 Å². The minimum atomic E-state index is -4.61. The summed E-state index contributed by atoms with van der Waals surface area (Å²) in [6, 6.07) is 7.19. The average molecular weight is 466 g/mol. The zero-order valence-corrected chi connectivity index (χ0v) is 18.6. The van der Waals surface area contributed by atoms with Gasteiger partial charge in [-0.1, -0.05) is 0 Å². The maximum absolute atomic E-state index is 12.8. The molecule has 0 amide bonds. The molecule has 2 aromatic rings. The van der Waals surface area contributed by atoms with Gasteiger partial charge in [0.2, 0.25) is 5.79 Å². The number of nitrogens with zero attached hydrogens (tertiary/aromatic N) is 4. The molecule has 1 fully saturated rings. The lowest BCUT2D eigenvalue weighted by Gasteiger charge is -2.21. The van der Waals surface area contributed by atoms with E-state index in [2.05, 4.69) is 15.2 Å². The monoisotopic (exact) mass is 466 g/mol. The van der Waals surface area contributed by atoms with E-state index >= 15 is 0 Å². The van der Waals surface area contributed by atoms with Crippen molar-refractivity contribution in [1.29, 1.82) is 0 Å². The molecule has 0 unspecified atom stereocenters. The number of rotatable bonds is 7. The molecule has 8 nitrogen and oxygen atoms in total. The van der Waals surface area contributed by atoms with Crippen molar-refractivity contribution in [3.8, 4) is 5.75 Å².